The third kappa shape index (κ3) is 2.82. The summed E-state index contributed by atoms with van der Waals surface area (Å²) in [5.41, 5.74) is 4.94. The number of pyridine rings is 1. The Morgan fingerprint density at radius 1 is 1.05 bits per heavy atom. The molecule has 3 aromatic rings. The number of benzene rings is 2. The van der Waals surface area contributed by atoms with E-state index in [1.807, 2.05) is 43.3 Å². The third-order valence-electron chi connectivity index (χ3n) is 3.67. The van der Waals surface area contributed by atoms with Crippen LogP contribution in [0, 0.1) is 13.8 Å². The number of para-hydroxylation sites is 1. The molecule has 1 heterocycles. The zero-order valence-corrected chi connectivity index (χ0v) is 12.2. The van der Waals surface area contributed by atoms with Crippen LogP contribution >= 0.6 is 0 Å². The van der Waals surface area contributed by atoms with E-state index in [9.17, 15) is 4.79 Å². The largest absolute Gasteiger partial charge is 0.381 e. The molecule has 1 aromatic heterocycles. The van der Waals surface area contributed by atoms with Crippen molar-refractivity contribution in [2.24, 2.45) is 0 Å². The molecule has 2 N–H and O–H groups in total. The van der Waals surface area contributed by atoms with E-state index in [1.165, 1.54) is 5.56 Å². The second-order valence-electron chi connectivity index (χ2n) is 5.39. The topological polar surface area (TPSA) is 44.9 Å². The van der Waals surface area contributed by atoms with E-state index in [2.05, 4.69) is 29.4 Å². The first-order valence-electron chi connectivity index (χ1n) is 7.05. The summed E-state index contributed by atoms with van der Waals surface area (Å²) in [6.07, 6.45) is 0. The number of H-pyrrole nitrogens is 1. The quantitative estimate of drug-likeness (QED) is 0.766. The second kappa shape index (κ2) is 5.44. The molecule has 106 valence electrons. The van der Waals surface area contributed by atoms with Gasteiger partial charge >= 0.3 is 0 Å². The molecule has 0 saturated carbocycles. The molecule has 0 atom stereocenters. The van der Waals surface area contributed by atoms with Crippen LogP contribution < -0.4 is 10.9 Å². The summed E-state index contributed by atoms with van der Waals surface area (Å²) < 4.78 is 0. The Bertz CT molecular complexity index is 849. The minimum atomic E-state index is -0.0306. The number of aromatic amines is 1. The standard InChI is InChI=1S/C18H18N2O/c1-12-5-3-8-16(9-12)19-11-15-10-14-7-4-6-13(2)17(14)20-18(15)21/h3-10,19H,11H2,1-2H3,(H,20,21). The lowest BCUT2D eigenvalue weighted by molar-refractivity contribution is 1.09. The fourth-order valence-electron chi connectivity index (χ4n) is 2.51. The minimum Gasteiger partial charge on any atom is -0.381 e. The lowest BCUT2D eigenvalue weighted by Gasteiger charge is -2.08. The first kappa shape index (κ1) is 13.4. The van der Waals surface area contributed by atoms with Crippen molar-refractivity contribution in [3.63, 3.8) is 0 Å². The summed E-state index contributed by atoms with van der Waals surface area (Å²) in [5.74, 6) is 0. The van der Waals surface area contributed by atoms with Gasteiger partial charge in [-0.25, -0.2) is 0 Å². The maximum absolute atomic E-state index is 12.2. The van der Waals surface area contributed by atoms with Crippen LogP contribution in [-0.4, -0.2) is 4.98 Å². The number of anilines is 1. The number of aryl methyl sites for hydroxylation is 2. The van der Waals surface area contributed by atoms with Gasteiger partial charge in [0.2, 0.25) is 0 Å². The van der Waals surface area contributed by atoms with Gasteiger partial charge in [-0.2, -0.15) is 0 Å². The van der Waals surface area contributed by atoms with Gasteiger partial charge in [0.05, 0.1) is 5.52 Å². The van der Waals surface area contributed by atoms with Crippen LogP contribution in [0.1, 0.15) is 16.7 Å². The SMILES string of the molecule is Cc1cccc(NCc2cc3cccc(C)c3[nH]c2=O)c1. The predicted octanol–water partition coefficient (Wildman–Crippen LogP) is 3.76. The number of rotatable bonds is 3. The molecule has 0 aliphatic heterocycles. The van der Waals surface area contributed by atoms with Crippen LogP contribution in [0.25, 0.3) is 10.9 Å². The van der Waals surface area contributed by atoms with E-state index in [1.54, 1.807) is 0 Å². The highest BCUT2D eigenvalue weighted by Gasteiger charge is 2.04. The van der Waals surface area contributed by atoms with Gasteiger partial charge in [-0.3, -0.25) is 4.79 Å². The highest BCUT2D eigenvalue weighted by molar-refractivity contribution is 5.81. The molecule has 0 amide bonds. The van der Waals surface area contributed by atoms with Crippen molar-refractivity contribution in [2.45, 2.75) is 20.4 Å². The van der Waals surface area contributed by atoms with Crippen LogP contribution in [0.5, 0.6) is 0 Å². The first-order valence-corrected chi connectivity index (χ1v) is 7.05. The molecular formula is C18H18N2O. The molecule has 21 heavy (non-hydrogen) atoms. The fraction of sp³-hybridized carbons (Fsp3) is 0.167. The van der Waals surface area contributed by atoms with E-state index in [4.69, 9.17) is 0 Å². The van der Waals surface area contributed by atoms with Gasteiger partial charge in [0.15, 0.2) is 0 Å². The molecule has 3 heteroatoms. The third-order valence-corrected chi connectivity index (χ3v) is 3.67. The Morgan fingerprint density at radius 3 is 2.67 bits per heavy atom. The highest BCUT2D eigenvalue weighted by Crippen LogP contribution is 2.16. The Balaban J connectivity index is 1.91. The van der Waals surface area contributed by atoms with Gasteiger partial charge in [0.1, 0.15) is 0 Å². The van der Waals surface area contributed by atoms with E-state index in [-0.39, 0.29) is 5.56 Å². The molecule has 0 spiro atoms. The smallest absolute Gasteiger partial charge is 0.253 e. The normalized spacial score (nSPS) is 10.8. The van der Waals surface area contributed by atoms with Crippen molar-refractivity contribution in [1.82, 2.24) is 4.98 Å². The van der Waals surface area contributed by atoms with Crippen molar-refractivity contribution in [1.29, 1.82) is 0 Å². The van der Waals surface area contributed by atoms with Gasteiger partial charge < -0.3 is 10.3 Å². The van der Waals surface area contributed by atoms with Gasteiger partial charge in [0.25, 0.3) is 5.56 Å². The Labute approximate surface area is 123 Å². The van der Waals surface area contributed by atoms with E-state index < -0.39 is 0 Å². The number of aromatic nitrogens is 1. The van der Waals surface area contributed by atoms with Gasteiger partial charge in [0, 0.05) is 17.8 Å². The molecule has 0 radical (unpaired) electrons. The summed E-state index contributed by atoms with van der Waals surface area (Å²) in [5, 5.41) is 4.37. The lowest BCUT2D eigenvalue weighted by Crippen LogP contribution is -2.16. The maximum atomic E-state index is 12.2. The summed E-state index contributed by atoms with van der Waals surface area (Å²) in [4.78, 5) is 15.2. The molecular weight excluding hydrogens is 260 g/mol. The van der Waals surface area contributed by atoms with E-state index in [0.29, 0.717) is 6.54 Å². The maximum Gasteiger partial charge on any atom is 0.253 e. The zero-order valence-electron chi connectivity index (χ0n) is 12.2. The number of fused-ring (bicyclic) bond motifs is 1. The van der Waals surface area contributed by atoms with E-state index >= 15 is 0 Å². The van der Waals surface area contributed by atoms with Crippen LogP contribution in [-0.2, 0) is 6.54 Å². The number of hydrogen-bond acceptors (Lipinski definition) is 2. The molecule has 0 fully saturated rings. The van der Waals surface area contributed by atoms with Gasteiger partial charge in [-0.1, -0.05) is 30.3 Å². The lowest BCUT2D eigenvalue weighted by atomic mass is 10.1. The molecule has 3 nitrogen and oxygen atoms in total. The molecule has 3 rings (SSSR count). The molecule has 0 saturated heterocycles. The van der Waals surface area contributed by atoms with Crippen molar-refractivity contribution < 1.29 is 0 Å². The van der Waals surface area contributed by atoms with E-state index in [0.717, 1.165) is 27.7 Å². The highest BCUT2D eigenvalue weighted by atomic mass is 16.1. The minimum absolute atomic E-state index is 0.0306. The molecule has 2 aromatic carbocycles. The summed E-state index contributed by atoms with van der Waals surface area (Å²) in [7, 11) is 0. The van der Waals surface area contributed by atoms with Crippen molar-refractivity contribution in [3.05, 3.63) is 75.6 Å². The van der Waals surface area contributed by atoms with Crippen LogP contribution in [0.3, 0.4) is 0 Å². The Hall–Kier alpha value is -2.55. The zero-order chi connectivity index (χ0) is 14.8. The van der Waals surface area contributed by atoms with Crippen LogP contribution in [0.4, 0.5) is 5.69 Å². The number of nitrogens with one attached hydrogen (secondary N) is 2. The summed E-state index contributed by atoms with van der Waals surface area (Å²) in [6, 6.07) is 16.1. The van der Waals surface area contributed by atoms with Crippen molar-refractivity contribution >= 4 is 16.6 Å². The number of hydrogen-bond donors (Lipinski definition) is 2. The molecule has 0 bridgehead atoms. The Morgan fingerprint density at radius 2 is 1.86 bits per heavy atom. The molecule has 0 unspecified atom stereocenters. The first-order chi connectivity index (χ1) is 10.1. The average Bonchev–Trinajstić information content (AvgIpc) is 2.46. The fourth-order valence-corrected chi connectivity index (χ4v) is 2.51. The van der Waals surface area contributed by atoms with Crippen LogP contribution in [0.2, 0.25) is 0 Å². The second-order valence-corrected chi connectivity index (χ2v) is 5.39. The summed E-state index contributed by atoms with van der Waals surface area (Å²) in [6.45, 7) is 4.57. The Kier molecular flexibility index (Phi) is 3.48. The van der Waals surface area contributed by atoms with Crippen molar-refractivity contribution in [3.8, 4) is 0 Å². The molecule has 0 aliphatic carbocycles. The summed E-state index contributed by atoms with van der Waals surface area (Å²) >= 11 is 0. The predicted molar refractivity (Wildman–Crippen MR) is 87.8 cm³/mol. The van der Waals surface area contributed by atoms with Crippen molar-refractivity contribution in [2.75, 3.05) is 5.32 Å². The average molecular weight is 278 g/mol. The monoisotopic (exact) mass is 278 g/mol. The van der Waals surface area contributed by atoms with Crippen LogP contribution in [0.15, 0.2) is 53.3 Å². The van der Waals surface area contributed by atoms with Gasteiger partial charge in [-0.15, -0.1) is 0 Å². The van der Waals surface area contributed by atoms with Gasteiger partial charge in [-0.05, 0) is 48.6 Å². The molecule has 0 aliphatic rings.